The Bertz CT molecular complexity index is 640. The molecule has 0 aromatic carbocycles. The van der Waals surface area contributed by atoms with E-state index in [9.17, 15) is 4.79 Å². The zero-order valence-corrected chi connectivity index (χ0v) is 19.7. The number of hydrogen-bond donors (Lipinski definition) is 2. The van der Waals surface area contributed by atoms with E-state index in [1.54, 1.807) is 19.0 Å². The summed E-state index contributed by atoms with van der Waals surface area (Å²) in [6, 6.07) is 0.220. The smallest absolute Gasteiger partial charge is 0.243 e. The van der Waals surface area contributed by atoms with Gasteiger partial charge in [-0.05, 0) is 12.3 Å². The second-order valence-corrected chi connectivity index (χ2v) is 7.83. The molecular formula is C18H34IN7O. The number of aliphatic imine (C=N–C) groups is 1. The lowest BCUT2D eigenvalue weighted by atomic mass is 10.1. The lowest BCUT2D eigenvalue weighted by Crippen LogP contribution is -2.48. The van der Waals surface area contributed by atoms with Gasteiger partial charge < -0.3 is 15.5 Å². The highest BCUT2D eigenvalue weighted by Crippen LogP contribution is 2.16. The average Bonchev–Trinajstić information content (AvgIpc) is 3.00. The minimum Gasteiger partial charge on any atom is -0.356 e. The Labute approximate surface area is 179 Å². The summed E-state index contributed by atoms with van der Waals surface area (Å²) < 4.78 is 2.00. The Balaban J connectivity index is 0.00000364. The molecule has 0 aliphatic carbocycles. The van der Waals surface area contributed by atoms with Crippen molar-refractivity contribution in [2.24, 2.45) is 10.9 Å². The van der Waals surface area contributed by atoms with Gasteiger partial charge in [-0.2, -0.15) is 5.10 Å². The van der Waals surface area contributed by atoms with Gasteiger partial charge in [0.1, 0.15) is 12.4 Å². The summed E-state index contributed by atoms with van der Waals surface area (Å²) in [6.07, 6.45) is 1.87. The normalized spacial score (nSPS) is 16.7. The summed E-state index contributed by atoms with van der Waals surface area (Å²) in [5.74, 6) is 3.47. The molecule has 0 bridgehead atoms. The molecule has 1 unspecified atom stereocenters. The highest BCUT2D eigenvalue weighted by molar-refractivity contribution is 14.0. The summed E-state index contributed by atoms with van der Waals surface area (Å²) in [5.41, 5.74) is 0. The Kier molecular flexibility index (Phi) is 9.48. The summed E-state index contributed by atoms with van der Waals surface area (Å²) in [6.45, 7) is 10.2. The number of carbonyl (C=O) groups is 1. The van der Waals surface area contributed by atoms with Crippen molar-refractivity contribution in [1.82, 2.24) is 30.3 Å². The van der Waals surface area contributed by atoms with E-state index < -0.39 is 0 Å². The number of fused-ring (bicyclic) bond motifs is 1. The van der Waals surface area contributed by atoms with Crippen LogP contribution in [0.4, 0.5) is 0 Å². The lowest BCUT2D eigenvalue weighted by Gasteiger charge is -2.26. The fraction of sp³-hybridized carbons (Fsp3) is 0.778. The van der Waals surface area contributed by atoms with Gasteiger partial charge in [-0.15, -0.1) is 24.0 Å². The molecule has 2 rings (SSSR count). The molecule has 8 nitrogen and oxygen atoms in total. The molecule has 1 aromatic rings. The zero-order chi connectivity index (χ0) is 19.3. The van der Waals surface area contributed by atoms with E-state index in [0.717, 1.165) is 37.6 Å². The Morgan fingerprint density at radius 2 is 2.04 bits per heavy atom. The van der Waals surface area contributed by atoms with Crippen LogP contribution in [0.2, 0.25) is 0 Å². The van der Waals surface area contributed by atoms with Crippen LogP contribution in [0, 0.1) is 5.92 Å². The molecule has 9 heteroatoms. The van der Waals surface area contributed by atoms with Gasteiger partial charge in [-0.1, -0.05) is 27.7 Å². The largest absolute Gasteiger partial charge is 0.356 e. The van der Waals surface area contributed by atoms with Crippen LogP contribution in [-0.4, -0.2) is 64.8 Å². The molecule has 154 valence electrons. The van der Waals surface area contributed by atoms with Crippen LogP contribution >= 0.6 is 24.0 Å². The number of rotatable bonds is 6. The predicted octanol–water partition coefficient (Wildman–Crippen LogP) is 1.61. The molecule has 0 fully saturated rings. The quantitative estimate of drug-likeness (QED) is 0.359. The van der Waals surface area contributed by atoms with Gasteiger partial charge in [-0.25, -0.2) is 14.7 Å². The predicted molar refractivity (Wildman–Crippen MR) is 119 cm³/mol. The maximum Gasteiger partial charge on any atom is 0.243 e. The van der Waals surface area contributed by atoms with E-state index in [1.165, 1.54) is 0 Å². The van der Waals surface area contributed by atoms with Crippen molar-refractivity contribution < 1.29 is 4.79 Å². The van der Waals surface area contributed by atoms with E-state index in [4.69, 9.17) is 0 Å². The standard InChI is InChI=1S/C18H33N7O.HI/c1-12(2)9-19-18(20-10-16(26)24(5)6)21-14-7-8-15-22-17(13(3)4)23-25(15)11-14;/h12-14H,7-11H2,1-6H3,(H2,19,20,21);1H. The number of nitrogens with one attached hydrogen (secondary N) is 2. The molecule has 2 N–H and O–H groups in total. The fourth-order valence-electron chi connectivity index (χ4n) is 2.63. The van der Waals surface area contributed by atoms with Gasteiger partial charge in [-0.3, -0.25) is 4.79 Å². The highest BCUT2D eigenvalue weighted by atomic mass is 127. The third-order valence-corrected chi connectivity index (χ3v) is 4.28. The molecule has 1 aliphatic rings. The molecule has 2 heterocycles. The summed E-state index contributed by atoms with van der Waals surface area (Å²) in [7, 11) is 3.48. The van der Waals surface area contributed by atoms with E-state index in [1.807, 2.05) is 4.68 Å². The monoisotopic (exact) mass is 491 g/mol. The Morgan fingerprint density at radius 1 is 1.33 bits per heavy atom. The molecule has 1 aromatic heterocycles. The topological polar surface area (TPSA) is 87.4 Å². The first-order valence-electron chi connectivity index (χ1n) is 9.44. The maximum absolute atomic E-state index is 11.8. The second-order valence-electron chi connectivity index (χ2n) is 7.83. The van der Waals surface area contributed by atoms with Crippen molar-refractivity contribution in [3.05, 3.63) is 11.6 Å². The zero-order valence-electron chi connectivity index (χ0n) is 17.3. The molecular weight excluding hydrogens is 457 g/mol. The van der Waals surface area contributed by atoms with E-state index in [-0.39, 0.29) is 42.5 Å². The number of guanidine groups is 1. The van der Waals surface area contributed by atoms with Crippen LogP contribution in [0.3, 0.4) is 0 Å². The number of hydrogen-bond acceptors (Lipinski definition) is 4. The van der Waals surface area contributed by atoms with Crippen LogP contribution in [-0.2, 0) is 17.8 Å². The molecule has 27 heavy (non-hydrogen) atoms. The number of aryl methyl sites for hydroxylation is 1. The van der Waals surface area contributed by atoms with E-state index in [2.05, 4.69) is 53.4 Å². The van der Waals surface area contributed by atoms with Crippen molar-refractivity contribution in [3.63, 3.8) is 0 Å². The molecule has 0 radical (unpaired) electrons. The number of aromatic nitrogens is 3. The van der Waals surface area contributed by atoms with Crippen LogP contribution in [0.15, 0.2) is 4.99 Å². The number of nitrogens with zero attached hydrogens (tertiary/aromatic N) is 5. The average molecular weight is 491 g/mol. The second kappa shape index (κ2) is 10.8. The number of halogens is 1. The Hall–Kier alpha value is -1.39. The van der Waals surface area contributed by atoms with Crippen LogP contribution in [0.5, 0.6) is 0 Å². The van der Waals surface area contributed by atoms with Gasteiger partial charge >= 0.3 is 0 Å². The van der Waals surface area contributed by atoms with Gasteiger partial charge in [0, 0.05) is 39.0 Å². The lowest BCUT2D eigenvalue weighted by molar-refractivity contribution is -0.127. The molecule has 1 amide bonds. The molecule has 0 spiro atoms. The third kappa shape index (κ3) is 7.27. The van der Waals surface area contributed by atoms with Gasteiger partial charge in [0.25, 0.3) is 0 Å². The Morgan fingerprint density at radius 3 is 2.63 bits per heavy atom. The maximum atomic E-state index is 11.8. The van der Waals surface area contributed by atoms with Crippen LogP contribution in [0.25, 0.3) is 0 Å². The van der Waals surface area contributed by atoms with Gasteiger partial charge in [0.2, 0.25) is 5.91 Å². The first-order chi connectivity index (χ1) is 12.3. The summed E-state index contributed by atoms with van der Waals surface area (Å²) in [5, 5.41) is 11.4. The number of amides is 1. The minimum absolute atomic E-state index is 0. The van der Waals surface area contributed by atoms with E-state index in [0.29, 0.717) is 17.8 Å². The molecule has 1 atom stereocenters. The molecule has 0 saturated carbocycles. The fourth-order valence-corrected chi connectivity index (χ4v) is 2.63. The van der Waals surface area contributed by atoms with Gasteiger partial charge in [0.15, 0.2) is 11.8 Å². The van der Waals surface area contributed by atoms with Crippen molar-refractivity contribution in [2.45, 2.75) is 59.0 Å². The highest BCUT2D eigenvalue weighted by Gasteiger charge is 2.23. The SMILES string of the molecule is CC(C)CNC(=NCC(=O)N(C)C)NC1CCc2nc(C(C)C)nn2C1.I. The first-order valence-corrected chi connectivity index (χ1v) is 9.44. The van der Waals surface area contributed by atoms with Gasteiger partial charge in [0.05, 0.1) is 6.54 Å². The van der Waals surface area contributed by atoms with Crippen molar-refractivity contribution in [1.29, 1.82) is 0 Å². The molecule has 1 aliphatic heterocycles. The van der Waals surface area contributed by atoms with Crippen molar-refractivity contribution in [3.8, 4) is 0 Å². The summed E-state index contributed by atoms with van der Waals surface area (Å²) >= 11 is 0. The van der Waals surface area contributed by atoms with Crippen molar-refractivity contribution in [2.75, 3.05) is 27.2 Å². The minimum atomic E-state index is -0.0144. The third-order valence-electron chi connectivity index (χ3n) is 4.28. The molecule has 0 saturated heterocycles. The van der Waals surface area contributed by atoms with Crippen molar-refractivity contribution >= 4 is 35.8 Å². The van der Waals surface area contributed by atoms with Crippen LogP contribution in [0.1, 0.15) is 51.7 Å². The summed E-state index contributed by atoms with van der Waals surface area (Å²) in [4.78, 5) is 22.5. The van der Waals surface area contributed by atoms with Crippen LogP contribution < -0.4 is 10.6 Å². The van der Waals surface area contributed by atoms with E-state index >= 15 is 0 Å². The number of likely N-dealkylation sites (N-methyl/N-ethyl adjacent to an activating group) is 1. The number of carbonyl (C=O) groups excluding carboxylic acids is 1. The first kappa shape index (κ1) is 23.6.